The van der Waals surface area contributed by atoms with Crippen LogP contribution in [-0.2, 0) is 0 Å². The second-order valence-corrected chi connectivity index (χ2v) is 6.38. The highest BCUT2D eigenvalue weighted by atomic mass is 16.5. The molecule has 2 nitrogen and oxygen atoms in total. The van der Waals surface area contributed by atoms with E-state index < -0.39 is 0 Å². The average Bonchev–Trinajstić information content (AvgIpc) is 2.83. The van der Waals surface area contributed by atoms with E-state index in [1.165, 1.54) is 30.4 Å². The summed E-state index contributed by atoms with van der Waals surface area (Å²) >= 11 is 0. The van der Waals surface area contributed by atoms with Gasteiger partial charge in [-0.05, 0) is 68.3 Å². The third-order valence-electron chi connectivity index (χ3n) is 4.23. The highest BCUT2D eigenvalue weighted by molar-refractivity contribution is 5.36. The van der Waals surface area contributed by atoms with Crippen LogP contribution in [0.5, 0.6) is 5.75 Å². The van der Waals surface area contributed by atoms with Crippen molar-refractivity contribution >= 4 is 0 Å². The van der Waals surface area contributed by atoms with Gasteiger partial charge < -0.3 is 10.1 Å². The topological polar surface area (TPSA) is 21.3 Å². The Hall–Kier alpha value is -1.02. The lowest BCUT2D eigenvalue weighted by Crippen LogP contribution is -2.28. The largest absolute Gasteiger partial charge is 0.490 e. The van der Waals surface area contributed by atoms with Crippen LogP contribution in [0.2, 0.25) is 0 Å². The monoisotopic (exact) mass is 275 g/mol. The van der Waals surface area contributed by atoms with Gasteiger partial charge in [-0.2, -0.15) is 0 Å². The number of benzene rings is 1. The molecule has 2 atom stereocenters. The summed E-state index contributed by atoms with van der Waals surface area (Å²) in [5.41, 5.74) is 2.77. The number of rotatable bonds is 6. The van der Waals surface area contributed by atoms with Crippen molar-refractivity contribution in [3.63, 3.8) is 0 Å². The molecule has 1 aliphatic carbocycles. The Kier molecular flexibility index (Phi) is 5.47. The number of aryl methyl sites for hydroxylation is 1. The summed E-state index contributed by atoms with van der Waals surface area (Å²) in [6.07, 6.45) is 5.15. The molecule has 1 aliphatic rings. The Morgan fingerprint density at radius 3 is 2.75 bits per heavy atom. The second-order valence-electron chi connectivity index (χ2n) is 6.38. The first-order valence-electron chi connectivity index (χ1n) is 8.10. The molecule has 0 saturated heterocycles. The van der Waals surface area contributed by atoms with Crippen molar-refractivity contribution < 1.29 is 4.74 Å². The lowest BCUT2D eigenvalue weighted by atomic mass is 9.98. The normalized spacial score (nSPS) is 22.4. The minimum Gasteiger partial charge on any atom is -0.490 e. The lowest BCUT2D eigenvalue weighted by molar-refractivity contribution is 0.206. The van der Waals surface area contributed by atoms with Gasteiger partial charge in [0.1, 0.15) is 11.9 Å². The van der Waals surface area contributed by atoms with Gasteiger partial charge in [0, 0.05) is 6.04 Å². The zero-order valence-corrected chi connectivity index (χ0v) is 13.4. The maximum atomic E-state index is 6.16. The minimum atomic E-state index is 0.383. The molecule has 0 aliphatic heterocycles. The molecule has 1 aromatic carbocycles. The van der Waals surface area contributed by atoms with Crippen LogP contribution in [-0.4, -0.2) is 18.7 Å². The van der Waals surface area contributed by atoms with Crippen LogP contribution in [0, 0.1) is 6.92 Å². The minimum absolute atomic E-state index is 0.383. The van der Waals surface area contributed by atoms with Crippen molar-refractivity contribution in [1.29, 1.82) is 0 Å². The van der Waals surface area contributed by atoms with Gasteiger partial charge in [-0.25, -0.2) is 0 Å². The Balaban J connectivity index is 1.90. The van der Waals surface area contributed by atoms with Gasteiger partial charge in [0.25, 0.3) is 0 Å². The van der Waals surface area contributed by atoms with Crippen molar-refractivity contribution in [2.75, 3.05) is 6.54 Å². The van der Waals surface area contributed by atoms with Crippen LogP contribution in [0.25, 0.3) is 0 Å². The summed E-state index contributed by atoms with van der Waals surface area (Å²) < 4.78 is 6.16. The molecule has 2 unspecified atom stereocenters. The Morgan fingerprint density at radius 2 is 2.10 bits per heavy atom. The van der Waals surface area contributed by atoms with Crippen LogP contribution in [0.3, 0.4) is 0 Å². The third kappa shape index (κ3) is 3.99. The molecular formula is C18H29NO. The highest BCUT2D eigenvalue weighted by Gasteiger charge is 2.25. The molecule has 1 fully saturated rings. The predicted molar refractivity (Wildman–Crippen MR) is 85.6 cm³/mol. The SMILES string of the molecule is CCCNC1CCC(Oc2ccc(C(C)C)c(C)c2)C1. The highest BCUT2D eigenvalue weighted by Crippen LogP contribution is 2.28. The molecule has 20 heavy (non-hydrogen) atoms. The predicted octanol–water partition coefficient (Wildman–Crippen LogP) is 4.42. The van der Waals surface area contributed by atoms with E-state index in [4.69, 9.17) is 4.74 Å². The van der Waals surface area contributed by atoms with Crippen LogP contribution >= 0.6 is 0 Å². The molecule has 1 saturated carbocycles. The molecule has 0 spiro atoms. The van der Waals surface area contributed by atoms with E-state index in [0.29, 0.717) is 18.1 Å². The van der Waals surface area contributed by atoms with E-state index in [-0.39, 0.29) is 0 Å². The zero-order valence-electron chi connectivity index (χ0n) is 13.4. The van der Waals surface area contributed by atoms with E-state index in [0.717, 1.165) is 18.7 Å². The van der Waals surface area contributed by atoms with Crippen molar-refractivity contribution in [2.45, 2.75) is 71.4 Å². The fourth-order valence-electron chi connectivity index (χ4n) is 3.14. The number of hydrogen-bond donors (Lipinski definition) is 1. The average molecular weight is 275 g/mol. The Bertz CT molecular complexity index is 427. The van der Waals surface area contributed by atoms with Crippen molar-refractivity contribution in [2.24, 2.45) is 0 Å². The van der Waals surface area contributed by atoms with Crippen LogP contribution in [0.15, 0.2) is 18.2 Å². The quantitative estimate of drug-likeness (QED) is 0.830. The summed E-state index contributed by atoms with van der Waals surface area (Å²) in [4.78, 5) is 0. The Morgan fingerprint density at radius 1 is 1.30 bits per heavy atom. The molecule has 0 aromatic heterocycles. The molecule has 0 amide bonds. The van der Waals surface area contributed by atoms with Gasteiger partial charge >= 0.3 is 0 Å². The fourth-order valence-corrected chi connectivity index (χ4v) is 3.14. The lowest BCUT2D eigenvalue weighted by Gasteiger charge is -2.17. The van der Waals surface area contributed by atoms with E-state index in [1.807, 2.05) is 0 Å². The molecular weight excluding hydrogens is 246 g/mol. The van der Waals surface area contributed by atoms with Crippen LogP contribution in [0.1, 0.15) is 63.5 Å². The maximum absolute atomic E-state index is 6.16. The van der Waals surface area contributed by atoms with Gasteiger partial charge in [0.2, 0.25) is 0 Å². The van der Waals surface area contributed by atoms with Crippen molar-refractivity contribution in [1.82, 2.24) is 5.32 Å². The molecule has 2 heteroatoms. The van der Waals surface area contributed by atoms with E-state index >= 15 is 0 Å². The first kappa shape index (κ1) is 15.4. The van der Waals surface area contributed by atoms with Crippen molar-refractivity contribution in [3.8, 4) is 5.75 Å². The maximum Gasteiger partial charge on any atom is 0.120 e. The van der Waals surface area contributed by atoms with Crippen LogP contribution in [0.4, 0.5) is 0 Å². The van der Waals surface area contributed by atoms with Crippen LogP contribution < -0.4 is 10.1 Å². The third-order valence-corrected chi connectivity index (χ3v) is 4.23. The van der Waals surface area contributed by atoms with Gasteiger partial charge in [0.15, 0.2) is 0 Å². The number of ether oxygens (including phenoxy) is 1. The van der Waals surface area contributed by atoms with Gasteiger partial charge in [0.05, 0.1) is 0 Å². The second kappa shape index (κ2) is 7.12. The summed E-state index contributed by atoms with van der Waals surface area (Å²) in [6, 6.07) is 7.20. The van der Waals surface area contributed by atoms with E-state index in [2.05, 4.69) is 51.2 Å². The number of hydrogen-bond acceptors (Lipinski definition) is 2. The van der Waals surface area contributed by atoms with Gasteiger partial charge in [-0.3, -0.25) is 0 Å². The fraction of sp³-hybridized carbons (Fsp3) is 0.667. The molecule has 1 N–H and O–H groups in total. The zero-order chi connectivity index (χ0) is 14.5. The number of nitrogens with one attached hydrogen (secondary N) is 1. The van der Waals surface area contributed by atoms with E-state index in [1.54, 1.807) is 0 Å². The molecule has 112 valence electrons. The molecule has 0 bridgehead atoms. The summed E-state index contributed by atoms with van der Waals surface area (Å²) in [6.45, 7) is 10.0. The first-order valence-corrected chi connectivity index (χ1v) is 8.10. The smallest absolute Gasteiger partial charge is 0.120 e. The van der Waals surface area contributed by atoms with E-state index in [9.17, 15) is 0 Å². The molecule has 0 radical (unpaired) electrons. The standard InChI is InChI=1S/C18H29NO/c1-5-10-19-15-6-7-17(12-15)20-16-8-9-18(13(2)3)14(4)11-16/h8-9,11,13,15,17,19H,5-7,10,12H2,1-4H3. The van der Waals surface area contributed by atoms with Crippen molar-refractivity contribution in [3.05, 3.63) is 29.3 Å². The summed E-state index contributed by atoms with van der Waals surface area (Å²) in [5, 5.41) is 3.60. The summed E-state index contributed by atoms with van der Waals surface area (Å²) in [7, 11) is 0. The Labute approximate surface area is 123 Å². The van der Waals surface area contributed by atoms with Gasteiger partial charge in [-0.1, -0.05) is 26.8 Å². The molecule has 2 rings (SSSR count). The first-order chi connectivity index (χ1) is 9.60. The van der Waals surface area contributed by atoms with Gasteiger partial charge in [-0.15, -0.1) is 0 Å². The molecule has 0 heterocycles. The summed E-state index contributed by atoms with van der Waals surface area (Å²) in [5.74, 6) is 1.62. The molecule has 1 aromatic rings.